The number of nitrogens with two attached hydrogens (primary N) is 1. The molecule has 3 atom stereocenters. The fourth-order valence-electron chi connectivity index (χ4n) is 3.64. The van der Waals surface area contributed by atoms with E-state index in [1.165, 1.54) is 12.1 Å². The van der Waals surface area contributed by atoms with Gasteiger partial charge in [-0.1, -0.05) is 72.8 Å². The molecule has 0 aliphatic rings. The Bertz CT molecular complexity index is 1120. The van der Waals surface area contributed by atoms with Gasteiger partial charge in [-0.3, -0.25) is 9.59 Å². The lowest BCUT2D eigenvalue weighted by atomic mass is 10.0. The van der Waals surface area contributed by atoms with Crippen molar-refractivity contribution in [1.82, 2.24) is 10.6 Å². The van der Waals surface area contributed by atoms with Crippen LogP contribution in [0.15, 0.2) is 84.9 Å². The number of aliphatic carboxylic acids is 1. The molecule has 2 amide bonds. The lowest BCUT2D eigenvalue weighted by Crippen LogP contribution is -2.55. The number of benzene rings is 3. The first-order valence-electron chi connectivity index (χ1n) is 11.3. The van der Waals surface area contributed by atoms with Gasteiger partial charge in [0, 0.05) is 12.8 Å². The highest BCUT2D eigenvalue weighted by atomic mass is 16.4. The Balaban J connectivity index is 1.72. The highest BCUT2D eigenvalue weighted by Crippen LogP contribution is 2.12. The number of rotatable bonds is 11. The molecule has 0 heterocycles. The normalized spacial score (nSPS) is 13.3. The summed E-state index contributed by atoms with van der Waals surface area (Å²) in [7, 11) is 0. The van der Waals surface area contributed by atoms with E-state index < -0.39 is 35.9 Å². The van der Waals surface area contributed by atoms with E-state index in [-0.39, 0.29) is 18.6 Å². The third-order valence-electron chi connectivity index (χ3n) is 5.54. The van der Waals surface area contributed by atoms with Crippen molar-refractivity contribution >= 4 is 17.8 Å². The average Bonchev–Trinajstić information content (AvgIpc) is 2.85. The number of phenols is 1. The second-order valence-corrected chi connectivity index (χ2v) is 8.32. The molecular weight excluding hydrogens is 446 g/mol. The number of hydrogen-bond donors (Lipinski definition) is 5. The van der Waals surface area contributed by atoms with Gasteiger partial charge in [-0.25, -0.2) is 4.79 Å². The molecule has 6 N–H and O–H groups in total. The van der Waals surface area contributed by atoms with Crippen LogP contribution in [0.25, 0.3) is 0 Å². The molecule has 0 saturated heterocycles. The van der Waals surface area contributed by atoms with Crippen LogP contribution >= 0.6 is 0 Å². The fourth-order valence-corrected chi connectivity index (χ4v) is 3.64. The Labute approximate surface area is 203 Å². The molecule has 0 spiro atoms. The third kappa shape index (κ3) is 7.97. The molecule has 3 rings (SSSR count). The maximum atomic E-state index is 13.2. The van der Waals surface area contributed by atoms with E-state index in [0.717, 1.165) is 11.1 Å². The van der Waals surface area contributed by atoms with Gasteiger partial charge in [-0.05, 0) is 35.2 Å². The first-order valence-corrected chi connectivity index (χ1v) is 11.3. The van der Waals surface area contributed by atoms with Gasteiger partial charge < -0.3 is 26.6 Å². The van der Waals surface area contributed by atoms with Crippen molar-refractivity contribution in [1.29, 1.82) is 0 Å². The lowest BCUT2D eigenvalue weighted by molar-refractivity contribution is -0.142. The van der Waals surface area contributed by atoms with Gasteiger partial charge in [0.15, 0.2) is 0 Å². The molecular formula is C27H29N3O5. The van der Waals surface area contributed by atoms with Crippen LogP contribution in [0.3, 0.4) is 0 Å². The van der Waals surface area contributed by atoms with E-state index in [1.807, 2.05) is 60.7 Å². The van der Waals surface area contributed by atoms with Crippen molar-refractivity contribution in [3.8, 4) is 5.75 Å². The average molecular weight is 476 g/mol. The summed E-state index contributed by atoms with van der Waals surface area (Å²) in [4.78, 5) is 37.8. The van der Waals surface area contributed by atoms with E-state index in [9.17, 15) is 24.6 Å². The summed E-state index contributed by atoms with van der Waals surface area (Å²) in [5.41, 5.74) is 8.41. The van der Waals surface area contributed by atoms with Crippen LogP contribution in [0.1, 0.15) is 16.7 Å². The first-order chi connectivity index (χ1) is 16.8. The molecule has 0 aromatic heterocycles. The minimum atomic E-state index is -1.22. The summed E-state index contributed by atoms with van der Waals surface area (Å²) >= 11 is 0. The second-order valence-electron chi connectivity index (χ2n) is 8.32. The van der Waals surface area contributed by atoms with Crippen molar-refractivity contribution in [3.05, 3.63) is 102 Å². The summed E-state index contributed by atoms with van der Waals surface area (Å²) in [6.07, 6.45) is 0.480. The number of amides is 2. The van der Waals surface area contributed by atoms with Crippen LogP contribution in [0, 0.1) is 0 Å². The van der Waals surface area contributed by atoms with Gasteiger partial charge in [-0.2, -0.15) is 0 Å². The molecule has 3 aromatic rings. The number of phenolic OH excluding ortho intramolecular Hbond substituents is 1. The molecule has 35 heavy (non-hydrogen) atoms. The Morgan fingerprint density at radius 1 is 0.657 bits per heavy atom. The number of carboxylic acids is 1. The van der Waals surface area contributed by atoms with Crippen molar-refractivity contribution in [3.63, 3.8) is 0 Å². The Hall–Kier alpha value is -4.17. The van der Waals surface area contributed by atoms with Gasteiger partial charge in [0.25, 0.3) is 0 Å². The first kappa shape index (κ1) is 25.5. The quantitative estimate of drug-likeness (QED) is 0.286. The largest absolute Gasteiger partial charge is 0.508 e. The predicted molar refractivity (Wildman–Crippen MR) is 132 cm³/mol. The van der Waals surface area contributed by atoms with Crippen LogP contribution < -0.4 is 16.4 Å². The van der Waals surface area contributed by atoms with E-state index >= 15 is 0 Å². The number of aromatic hydroxyl groups is 1. The molecule has 8 nitrogen and oxygen atoms in total. The van der Waals surface area contributed by atoms with Gasteiger partial charge >= 0.3 is 5.97 Å². The van der Waals surface area contributed by atoms with Crippen molar-refractivity contribution < 1.29 is 24.6 Å². The van der Waals surface area contributed by atoms with Crippen LogP contribution in [0.5, 0.6) is 5.75 Å². The van der Waals surface area contributed by atoms with Crippen molar-refractivity contribution in [2.45, 2.75) is 37.4 Å². The monoisotopic (exact) mass is 475 g/mol. The molecule has 3 unspecified atom stereocenters. The van der Waals surface area contributed by atoms with Crippen LogP contribution in [0.4, 0.5) is 0 Å². The molecule has 0 saturated carbocycles. The maximum absolute atomic E-state index is 13.2. The Morgan fingerprint density at radius 3 is 1.66 bits per heavy atom. The lowest BCUT2D eigenvalue weighted by Gasteiger charge is -2.23. The molecule has 3 aromatic carbocycles. The van der Waals surface area contributed by atoms with Crippen LogP contribution in [-0.2, 0) is 33.6 Å². The number of nitrogens with one attached hydrogen (secondary N) is 2. The van der Waals surface area contributed by atoms with E-state index in [0.29, 0.717) is 12.0 Å². The summed E-state index contributed by atoms with van der Waals surface area (Å²) in [6.45, 7) is 0. The highest BCUT2D eigenvalue weighted by molar-refractivity contribution is 5.92. The summed E-state index contributed by atoms with van der Waals surface area (Å²) in [5, 5.41) is 24.4. The van der Waals surface area contributed by atoms with E-state index in [1.54, 1.807) is 12.1 Å². The predicted octanol–water partition coefficient (Wildman–Crippen LogP) is 1.80. The topological polar surface area (TPSA) is 142 Å². The van der Waals surface area contributed by atoms with Crippen molar-refractivity contribution in [2.75, 3.05) is 0 Å². The van der Waals surface area contributed by atoms with Crippen LogP contribution in [-0.4, -0.2) is 46.1 Å². The number of carboxylic acid groups (broad SMARTS) is 1. The van der Waals surface area contributed by atoms with Crippen LogP contribution in [0.2, 0.25) is 0 Å². The summed E-state index contributed by atoms with van der Waals surface area (Å²) in [6, 6.07) is 21.4. The second kappa shape index (κ2) is 12.3. The zero-order chi connectivity index (χ0) is 25.2. The zero-order valence-corrected chi connectivity index (χ0v) is 19.1. The van der Waals surface area contributed by atoms with Gasteiger partial charge in [0.2, 0.25) is 11.8 Å². The SMILES string of the molecule is NC(Cc1ccccc1)C(=O)NC(Cc1ccccc1)C(=O)NC(Cc1ccc(O)cc1)C(=O)O. The number of hydrogen-bond acceptors (Lipinski definition) is 5. The summed E-state index contributed by atoms with van der Waals surface area (Å²) in [5.74, 6) is -2.28. The minimum Gasteiger partial charge on any atom is -0.508 e. The Morgan fingerprint density at radius 2 is 1.11 bits per heavy atom. The molecule has 0 bridgehead atoms. The minimum absolute atomic E-state index is 0.0148. The fraction of sp³-hybridized carbons (Fsp3) is 0.222. The highest BCUT2D eigenvalue weighted by Gasteiger charge is 2.28. The molecule has 182 valence electrons. The molecule has 0 aliphatic heterocycles. The molecule has 0 radical (unpaired) electrons. The van der Waals surface area contributed by atoms with Gasteiger partial charge in [-0.15, -0.1) is 0 Å². The number of carbonyl (C=O) groups excluding carboxylic acids is 2. The van der Waals surface area contributed by atoms with Crippen molar-refractivity contribution in [2.24, 2.45) is 5.73 Å². The molecule has 0 fully saturated rings. The van der Waals surface area contributed by atoms with Gasteiger partial charge in [0.05, 0.1) is 6.04 Å². The number of carbonyl (C=O) groups is 3. The molecule has 0 aliphatic carbocycles. The van der Waals surface area contributed by atoms with Gasteiger partial charge in [0.1, 0.15) is 17.8 Å². The smallest absolute Gasteiger partial charge is 0.326 e. The standard InChI is InChI=1S/C27H29N3O5/c28-22(15-18-7-3-1-4-8-18)25(32)29-23(16-19-9-5-2-6-10-19)26(33)30-24(27(34)35)17-20-11-13-21(31)14-12-20/h1-14,22-24,31H,15-17,28H2,(H,29,32)(H,30,33)(H,34,35). The Kier molecular flexibility index (Phi) is 8.97. The maximum Gasteiger partial charge on any atom is 0.326 e. The summed E-state index contributed by atoms with van der Waals surface area (Å²) < 4.78 is 0. The zero-order valence-electron chi connectivity index (χ0n) is 19.1. The molecule has 8 heteroatoms. The van der Waals surface area contributed by atoms with E-state index in [4.69, 9.17) is 5.73 Å². The third-order valence-corrected chi connectivity index (χ3v) is 5.54. The van der Waals surface area contributed by atoms with E-state index in [2.05, 4.69) is 10.6 Å².